The summed E-state index contributed by atoms with van der Waals surface area (Å²) in [6, 6.07) is 14.5. The van der Waals surface area contributed by atoms with Crippen LogP contribution in [0.15, 0.2) is 53.1 Å². The summed E-state index contributed by atoms with van der Waals surface area (Å²) in [6.45, 7) is 0. The second kappa shape index (κ2) is 6.66. The largest absolute Gasteiger partial charge is 0.327 e. The van der Waals surface area contributed by atoms with Crippen molar-refractivity contribution in [1.29, 1.82) is 0 Å². The second-order valence-electron chi connectivity index (χ2n) is 4.45. The van der Waals surface area contributed by atoms with Gasteiger partial charge in [-0.2, -0.15) is 0 Å². The Morgan fingerprint density at radius 2 is 2.06 bits per heavy atom. The average molecular weight is 305 g/mol. The van der Waals surface area contributed by atoms with Crippen molar-refractivity contribution in [1.82, 2.24) is 4.98 Å². The molecule has 2 rings (SSSR count). The standard InChI is InChI=1S/C15H17BrN2/c16-13-5-3-4-12(10-13)11-14(17)7-8-15-6-1-2-9-18-15/h1-6,9-10,14H,7-8,11,17H2. The maximum atomic E-state index is 6.16. The molecule has 1 unspecified atom stereocenters. The first-order chi connectivity index (χ1) is 8.74. The van der Waals surface area contributed by atoms with Crippen LogP contribution >= 0.6 is 15.9 Å². The maximum Gasteiger partial charge on any atom is 0.0404 e. The van der Waals surface area contributed by atoms with Gasteiger partial charge in [0.05, 0.1) is 0 Å². The van der Waals surface area contributed by atoms with E-state index in [1.807, 2.05) is 36.5 Å². The van der Waals surface area contributed by atoms with E-state index in [-0.39, 0.29) is 6.04 Å². The number of hydrogen-bond acceptors (Lipinski definition) is 2. The molecule has 0 saturated carbocycles. The molecule has 1 aromatic heterocycles. The highest BCUT2D eigenvalue weighted by molar-refractivity contribution is 9.10. The lowest BCUT2D eigenvalue weighted by Crippen LogP contribution is -2.23. The highest BCUT2D eigenvalue weighted by Crippen LogP contribution is 2.14. The van der Waals surface area contributed by atoms with Gasteiger partial charge in [-0.05, 0) is 49.1 Å². The van der Waals surface area contributed by atoms with Crippen LogP contribution in [0.1, 0.15) is 17.7 Å². The maximum absolute atomic E-state index is 6.16. The number of hydrogen-bond donors (Lipinski definition) is 1. The van der Waals surface area contributed by atoms with E-state index >= 15 is 0 Å². The molecule has 0 aliphatic rings. The van der Waals surface area contributed by atoms with E-state index in [2.05, 4.69) is 33.0 Å². The number of nitrogens with two attached hydrogens (primary N) is 1. The number of pyridine rings is 1. The Morgan fingerprint density at radius 1 is 1.17 bits per heavy atom. The zero-order valence-corrected chi connectivity index (χ0v) is 11.8. The molecule has 0 aliphatic heterocycles. The molecule has 0 fully saturated rings. The zero-order valence-electron chi connectivity index (χ0n) is 10.2. The first-order valence-electron chi connectivity index (χ1n) is 6.14. The summed E-state index contributed by atoms with van der Waals surface area (Å²) >= 11 is 3.48. The molecule has 0 radical (unpaired) electrons. The fourth-order valence-electron chi connectivity index (χ4n) is 1.95. The fraction of sp³-hybridized carbons (Fsp3) is 0.267. The predicted octanol–water partition coefficient (Wildman–Crippen LogP) is 3.35. The minimum Gasteiger partial charge on any atom is -0.327 e. The molecular weight excluding hydrogens is 288 g/mol. The zero-order chi connectivity index (χ0) is 12.8. The summed E-state index contributed by atoms with van der Waals surface area (Å²) in [4.78, 5) is 4.31. The summed E-state index contributed by atoms with van der Waals surface area (Å²) in [7, 11) is 0. The van der Waals surface area contributed by atoms with Crippen LogP contribution in [-0.4, -0.2) is 11.0 Å². The molecule has 18 heavy (non-hydrogen) atoms. The van der Waals surface area contributed by atoms with E-state index < -0.39 is 0 Å². The van der Waals surface area contributed by atoms with Crippen LogP contribution in [0.3, 0.4) is 0 Å². The van der Waals surface area contributed by atoms with Gasteiger partial charge in [0.25, 0.3) is 0 Å². The molecule has 0 aliphatic carbocycles. The highest BCUT2D eigenvalue weighted by atomic mass is 79.9. The van der Waals surface area contributed by atoms with Crippen LogP contribution in [0.25, 0.3) is 0 Å². The van der Waals surface area contributed by atoms with Crippen molar-refractivity contribution >= 4 is 15.9 Å². The minimum absolute atomic E-state index is 0.182. The van der Waals surface area contributed by atoms with Crippen molar-refractivity contribution < 1.29 is 0 Å². The summed E-state index contributed by atoms with van der Waals surface area (Å²) in [5.41, 5.74) is 8.55. The molecule has 0 amide bonds. The van der Waals surface area contributed by atoms with Gasteiger partial charge in [-0.3, -0.25) is 4.98 Å². The molecule has 2 nitrogen and oxygen atoms in total. The molecule has 0 spiro atoms. The van der Waals surface area contributed by atoms with Gasteiger partial charge < -0.3 is 5.73 Å². The van der Waals surface area contributed by atoms with Crippen molar-refractivity contribution in [3.05, 3.63) is 64.4 Å². The van der Waals surface area contributed by atoms with Crippen LogP contribution in [0.4, 0.5) is 0 Å². The number of rotatable bonds is 5. The lowest BCUT2D eigenvalue weighted by Gasteiger charge is -2.11. The van der Waals surface area contributed by atoms with Gasteiger partial charge in [-0.1, -0.05) is 34.1 Å². The summed E-state index contributed by atoms with van der Waals surface area (Å²) in [5, 5.41) is 0. The number of benzene rings is 1. The Bertz CT molecular complexity index is 485. The molecular formula is C15H17BrN2. The van der Waals surface area contributed by atoms with Crippen LogP contribution in [-0.2, 0) is 12.8 Å². The fourth-order valence-corrected chi connectivity index (χ4v) is 2.39. The summed E-state index contributed by atoms with van der Waals surface area (Å²) < 4.78 is 1.11. The second-order valence-corrected chi connectivity index (χ2v) is 5.37. The molecule has 2 N–H and O–H groups in total. The van der Waals surface area contributed by atoms with E-state index in [9.17, 15) is 0 Å². The molecule has 2 aromatic rings. The highest BCUT2D eigenvalue weighted by Gasteiger charge is 2.05. The third-order valence-corrected chi connectivity index (χ3v) is 3.38. The lowest BCUT2D eigenvalue weighted by atomic mass is 10.0. The summed E-state index contributed by atoms with van der Waals surface area (Å²) in [6.07, 6.45) is 4.64. The Kier molecular flexibility index (Phi) is 4.90. The molecule has 0 bridgehead atoms. The summed E-state index contributed by atoms with van der Waals surface area (Å²) in [5.74, 6) is 0. The van der Waals surface area contributed by atoms with Crippen molar-refractivity contribution in [2.45, 2.75) is 25.3 Å². The molecule has 3 heteroatoms. The number of nitrogens with zero attached hydrogens (tertiary/aromatic N) is 1. The van der Waals surface area contributed by atoms with Gasteiger partial charge in [0.1, 0.15) is 0 Å². The van der Waals surface area contributed by atoms with E-state index in [1.54, 1.807) is 0 Å². The molecule has 94 valence electrons. The van der Waals surface area contributed by atoms with Gasteiger partial charge in [0.2, 0.25) is 0 Å². The van der Waals surface area contributed by atoms with Crippen molar-refractivity contribution in [3.8, 4) is 0 Å². The third kappa shape index (κ3) is 4.24. The first-order valence-corrected chi connectivity index (χ1v) is 6.93. The van der Waals surface area contributed by atoms with Gasteiger partial charge in [0, 0.05) is 22.4 Å². The number of aromatic nitrogens is 1. The van der Waals surface area contributed by atoms with Gasteiger partial charge in [-0.15, -0.1) is 0 Å². The lowest BCUT2D eigenvalue weighted by molar-refractivity contribution is 0.605. The monoisotopic (exact) mass is 304 g/mol. The van der Waals surface area contributed by atoms with Crippen LogP contribution < -0.4 is 5.73 Å². The Labute approximate surface area is 116 Å². The quantitative estimate of drug-likeness (QED) is 0.920. The SMILES string of the molecule is NC(CCc1ccccn1)Cc1cccc(Br)c1. The molecule has 0 saturated heterocycles. The predicted molar refractivity (Wildman–Crippen MR) is 78.4 cm³/mol. The van der Waals surface area contributed by atoms with E-state index in [0.717, 1.165) is 29.4 Å². The van der Waals surface area contributed by atoms with Crippen LogP contribution in [0.5, 0.6) is 0 Å². The molecule has 1 heterocycles. The first kappa shape index (κ1) is 13.2. The normalized spacial score (nSPS) is 12.3. The average Bonchev–Trinajstić information content (AvgIpc) is 2.38. The van der Waals surface area contributed by atoms with E-state index in [4.69, 9.17) is 5.73 Å². The molecule has 1 atom stereocenters. The number of halogens is 1. The third-order valence-electron chi connectivity index (χ3n) is 2.88. The Balaban J connectivity index is 1.84. The van der Waals surface area contributed by atoms with Crippen molar-refractivity contribution in [3.63, 3.8) is 0 Å². The van der Waals surface area contributed by atoms with Crippen molar-refractivity contribution in [2.24, 2.45) is 5.73 Å². The van der Waals surface area contributed by atoms with Crippen molar-refractivity contribution in [2.75, 3.05) is 0 Å². The van der Waals surface area contributed by atoms with E-state index in [0.29, 0.717) is 0 Å². The molecule has 1 aromatic carbocycles. The Morgan fingerprint density at radius 3 is 2.78 bits per heavy atom. The van der Waals surface area contributed by atoms with Gasteiger partial charge in [0.15, 0.2) is 0 Å². The van der Waals surface area contributed by atoms with Gasteiger partial charge in [-0.25, -0.2) is 0 Å². The Hall–Kier alpha value is -1.19. The van der Waals surface area contributed by atoms with Crippen LogP contribution in [0.2, 0.25) is 0 Å². The smallest absolute Gasteiger partial charge is 0.0404 e. The van der Waals surface area contributed by atoms with Crippen LogP contribution in [0, 0.1) is 0 Å². The van der Waals surface area contributed by atoms with Gasteiger partial charge >= 0.3 is 0 Å². The van der Waals surface area contributed by atoms with E-state index in [1.165, 1.54) is 5.56 Å². The topological polar surface area (TPSA) is 38.9 Å². The minimum atomic E-state index is 0.182. The number of aryl methyl sites for hydroxylation is 1.